The van der Waals surface area contributed by atoms with E-state index in [1.54, 1.807) is 0 Å². The molecule has 1 unspecified atom stereocenters. The van der Waals surface area contributed by atoms with Gasteiger partial charge in [0.1, 0.15) is 11.6 Å². The van der Waals surface area contributed by atoms with Gasteiger partial charge in [0.25, 0.3) is 0 Å². The molecule has 1 aliphatic heterocycles. The monoisotopic (exact) mass is 242 g/mol. The van der Waals surface area contributed by atoms with Crippen LogP contribution in [0, 0.1) is 11.6 Å². The number of benzene rings is 1. The van der Waals surface area contributed by atoms with E-state index in [1.807, 2.05) is 0 Å². The topological polar surface area (TPSA) is 52.6 Å². The van der Waals surface area contributed by atoms with Crippen LogP contribution < -0.4 is 5.32 Å². The van der Waals surface area contributed by atoms with Crippen molar-refractivity contribution in [2.24, 2.45) is 0 Å². The highest BCUT2D eigenvalue weighted by Gasteiger charge is 2.25. The quantitative estimate of drug-likeness (QED) is 0.786. The van der Waals surface area contributed by atoms with Gasteiger partial charge >= 0.3 is 6.09 Å². The lowest BCUT2D eigenvalue weighted by Gasteiger charge is -2.32. The molecule has 0 radical (unpaired) electrons. The first-order valence-corrected chi connectivity index (χ1v) is 5.24. The van der Waals surface area contributed by atoms with Crippen molar-refractivity contribution in [1.82, 2.24) is 10.2 Å². The summed E-state index contributed by atoms with van der Waals surface area (Å²) in [7, 11) is 0. The number of hydrogen-bond donors (Lipinski definition) is 2. The van der Waals surface area contributed by atoms with Gasteiger partial charge in [-0.15, -0.1) is 0 Å². The van der Waals surface area contributed by atoms with E-state index in [0.717, 1.165) is 6.07 Å². The number of rotatable bonds is 1. The number of piperazine rings is 1. The lowest BCUT2D eigenvalue weighted by Crippen LogP contribution is -2.48. The minimum Gasteiger partial charge on any atom is -0.465 e. The second-order valence-electron chi connectivity index (χ2n) is 3.90. The summed E-state index contributed by atoms with van der Waals surface area (Å²) in [6.07, 6.45) is -1.03. The zero-order chi connectivity index (χ0) is 12.4. The third-order valence-corrected chi connectivity index (χ3v) is 2.78. The Morgan fingerprint density at radius 1 is 1.47 bits per heavy atom. The molecule has 92 valence electrons. The molecule has 6 heteroatoms. The average Bonchev–Trinajstić information content (AvgIpc) is 2.29. The zero-order valence-electron chi connectivity index (χ0n) is 8.99. The normalized spacial score (nSPS) is 20.4. The second-order valence-corrected chi connectivity index (χ2v) is 3.90. The van der Waals surface area contributed by atoms with Gasteiger partial charge in [0.05, 0.1) is 6.04 Å². The number of nitrogens with zero attached hydrogens (tertiary/aromatic N) is 1. The fourth-order valence-electron chi connectivity index (χ4n) is 1.92. The largest absolute Gasteiger partial charge is 0.465 e. The molecule has 1 aromatic rings. The number of carbonyl (C=O) groups is 1. The van der Waals surface area contributed by atoms with Gasteiger partial charge in [0.15, 0.2) is 0 Å². The Hall–Kier alpha value is -1.69. The molecule has 0 saturated carbocycles. The molecule has 1 aliphatic rings. The molecule has 1 fully saturated rings. The lowest BCUT2D eigenvalue weighted by molar-refractivity contribution is 0.128. The zero-order valence-corrected chi connectivity index (χ0v) is 8.99. The first kappa shape index (κ1) is 11.8. The molecule has 0 aromatic heterocycles. The Kier molecular flexibility index (Phi) is 3.23. The molecule has 1 amide bonds. The summed E-state index contributed by atoms with van der Waals surface area (Å²) < 4.78 is 26.3. The van der Waals surface area contributed by atoms with Crippen LogP contribution >= 0.6 is 0 Å². The van der Waals surface area contributed by atoms with Crippen LogP contribution in [0.15, 0.2) is 18.2 Å². The van der Waals surface area contributed by atoms with E-state index in [9.17, 15) is 13.6 Å². The SMILES string of the molecule is O=C(O)N1CCNC(c2ccc(F)cc2F)C1. The summed E-state index contributed by atoms with van der Waals surface area (Å²) in [4.78, 5) is 12.0. The van der Waals surface area contributed by atoms with Crippen molar-refractivity contribution in [2.45, 2.75) is 6.04 Å². The van der Waals surface area contributed by atoms with Crippen LogP contribution in [0.2, 0.25) is 0 Å². The van der Waals surface area contributed by atoms with Gasteiger partial charge in [0, 0.05) is 31.3 Å². The van der Waals surface area contributed by atoms with Crippen LogP contribution in [0.25, 0.3) is 0 Å². The number of nitrogens with one attached hydrogen (secondary N) is 1. The van der Waals surface area contributed by atoms with E-state index < -0.39 is 23.8 Å². The third kappa shape index (κ3) is 2.52. The van der Waals surface area contributed by atoms with Crippen molar-refractivity contribution in [1.29, 1.82) is 0 Å². The minimum absolute atomic E-state index is 0.165. The van der Waals surface area contributed by atoms with E-state index in [4.69, 9.17) is 5.11 Å². The first-order chi connectivity index (χ1) is 8.08. The van der Waals surface area contributed by atoms with Gasteiger partial charge < -0.3 is 15.3 Å². The summed E-state index contributed by atoms with van der Waals surface area (Å²) in [6.45, 7) is 0.986. The number of halogens is 2. The Morgan fingerprint density at radius 2 is 2.24 bits per heavy atom. The molecule has 1 heterocycles. The predicted octanol–water partition coefficient (Wildman–Crippen LogP) is 1.59. The fourth-order valence-corrected chi connectivity index (χ4v) is 1.92. The van der Waals surface area contributed by atoms with E-state index in [2.05, 4.69) is 5.32 Å². The first-order valence-electron chi connectivity index (χ1n) is 5.24. The summed E-state index contributed by atoms with van der Waals surface area (Å²) in [5.41, 5.74) is 0.289. The van der Waals surface area contributed by atoms with Gasteiger partial charge in [-0.05, 0) is 6.07 Å². The molecular weight excluding hydrogens is 230 g/mol. The van der Waals surface area contributed by atoms with E-state index >= 15 is 0 Å². The highest BCUT2D eigenvalue weighted by molar-refractivity contribution is 5.65. The Morgan fingerprint density at radius 3 is 2.88 bits per heavy atom. The molecule has 0 bridgehead atoms. The van der Waals surface area contributed by atoms with Crippen molar-refractivity contribution in [3.63, 3.8) is 0 Å². The molecule has 1 aromatic carbocycles. The van der Waals surface area contributed by atoms with E-state index in [0.29, 0.717) is 13.1 Å². The maximum atomic E-state index is 13.5. The van der Waals surface area contributed by atoms with Crippen molar-refractivity contribution >= 4 is 6.09 Å². The molecule has 2 rings (SSSR count). The van der Waals surface area contributed by atoms with Gasteiger partial charge in [0.2, 0.25) is 0 Å². The number of amides is 1. The lowest BCUT2D eigenvalue weighted by atomic mass is 10.0. The third-order valence-electron chi connectivity index (χ3n) is 2.78. The van der Waals surface area contributed by atoms with Crippen molar-refractivity contribution < 1.29 is 18.7 Å². The van der Waals surface area contributed by atoms with Crippen LogP contribution in [0.5, 0.6) is 0 Å². The van der Waals surface area contributed by atoms with Gasteiger partial charge in [-0.3, -0.25) is 0 Å². The maximum absolute atomic E-state index is 13.5. The van der Waals surface area contributed by atoms with E-state index in [1.165, 1.54) is 17.0 Å². The van der Waals surface area contributed by atoms with Crippen molar-refractivity contribution in [3.05, 3.63) is 35.4 Å². The van der Waals surface area contributed by atoms with Crippen LogP contribution in [0.3, 0.4) is 0 Å². The predicted molar refractivity (Wildman–Crippen MR) is 56.7 cm³/mol. The van der Waals surface area contributed by atoms with Crippen molar-refractivity contribution in [2.75, 3.05) is 19.6 Å². The minimum atomic E-state index is -1.03. The number of hydrogen-bond acceptors (Lipinski definition) is 2. The molecule has 1 atom stereocenters. The van der Waals surface area contributed by atoms with Crippen LogP contribution in [-0.2, 0) is 0 Å². The maximum Gasteiger partial charge on any atom is 0.407 e. The summed E-state index contributed by atoms with van der Waals surface area (Å²) in [5, 5.41) is 11.9. The summed E-state index contributed by atoms with van der Waals surface area (Å²) in [5.74, 6) is -1.30. The molecule has 17 heavy (non-hydrogen) atoms. The van der Waals surface area contributed by atoms with Crippen molar-refractivity contribution in [3.8, 4) is 0 Å². The van der Waals surface area contributed by atoms with Crippen LogP contribution in [-0.4, -0.2) is 35.7 Å². The Bertz CT molecular complexity index is 439. The second kappa shape index (κ2) is 4.67. The van der Waals surface area contributed by atoms with Crippen LogP contribution in [0.4, 0.5) is 13.6 Å². The molecule has 2 N–H and O–H groups in total. The average molecular weight is 242 g/mol. The van der Waals surface area contributed by atoms with Gasteiger partial charge in [-0.2, -0.15) is 0 Å². The van der Waals surface area contributed by atoms with E-state index in [-0.39, 0.29) is 12.1 Å². The molecule has 1 saturated heterocycles. The molecule has 0 aliphatic carbocycles. The highest BCUT2D eigenvalue weighted by atomic mass is 19.1. The number of carboxylic acid groups (broad SMARTS) is 1. The Labute approximate surface area is 96.8 Å². The smallest absolute Gasteiger partial charge is 0.407 e. The molecular formula is C11H12F2N2O2. The highest BCUT2D eigenvalue weighted by Crippen LogP contribution is 2.21. The van der Waals surface area contributed by atoms with Crippen LogP contribution in [0.1, 0.15) is 11.6 Å². The fraction of sp³-hybridized carbons (Fsp3) is 0.364. The molecule has 0 spiro atoms. The standard InChI is InChI=1S/C11H12F2N2O2/c12-7-1-2-8(9(13)5-7)10-6-15(11(16)17)4-3-14-10/h1-2,5,10,14H,3-4,6H2,(H,16,17). The van der Waals surface area contributed by atoms with Gasteiger partial charge in [-0.1, -0.05) is 6.07 Å². The van der Waals surface area contributed by atoms with Gasteiger partial charge in [-0.25, -0.2) is 13.6 Å². The summed E-state index contributed by atoms with van der Waals surface area (Å²) in [6, 6.07) is 2.88. The molecule has 4 nitrogen and oxygen atoms in total. The Balaban J connectivity index is 2.19. The summed E-state index contributed by atoms with van der Waals surface area (Å²) >= 11 is 0.